The first-order valence-electron chi connectivity index (χ1n) is 5.84. The zero-order valence-electron chi connectivity index (χ0n) is 10.3. The summed E-state index contributed by atoms with van der Waals surface area (Å²) in [4.78, 5) is 0. The van der Waals surface area contributed by atoms with Crippen LogP contribution in [-0.4, -0.2) is 29.4 Å². The highest BCUT2D eigenvalue weighted by atomic mass is 16.5. The van der Waals surface area contributed by atoms with E-state index in [9.17, 15) is 0 Å². The van der Waals surface area contributed by atoms with Gasteiger partial charge in [0.1, 0.15) is 6.61 Å². The van der Waals surface area contributed by atoms with E-state index in [4.69, 9.17) is 9.15 Å². The second-order valence-corrected chi connectivity index (χ2v) is 3.96. The molecule has 0 unspecified atom stereocenters. The number of nitrogens with one attached hydrogen (secondary N) is 1. The Kier molecular flexibility index (Phi) is 6.03. The molecule has 0 fully saturated rings. The molecule has 0 aliphatic rings. The van der Waals surface area contributed by atoms with Gasteiger partial charge in [0.15, 0.2) is 0 Å². The third kappa shape index (κ3) is 5.23. The lowest BCUT2D eigenvalue weighted by Crippen LogP contribution is -2.24. The molecule has 5 nitrogen and oxygen atoms in total. The molecule has 0 aliphatic carbocycles. The Labute approximate surface area is 96.6 Å². The quantitative estimate of drug-likeness (QED) is 0.682. The predicted octanol–water partition coefficient (Wildman–Crippen LogP) is 1.54. The number of ether oxygens (including phenoxy) is 1. The highest BCUT2D eigenvalue weighted by Crippen LogP contribution is 2.01. The molecule has 0 amide bonds. The third-order valence-corrected chi connectivity index (χ3v) is 2.05. The molecule has 0 saturated carbocycles. The summed E-state index contributed by atoms with van der Waals surface area (Å²) in [5.41, 5.74) is 0. The minimum Gasteiger partial charge on any atom is -0.423 e. The summed E-state index contributed by atoms with van der Waals surface area (Å²) >= 11 is 0. The normalized spacial score (nSPS) is 11.2. The summed E-state index contributed by atoms with van der Waals surface area (Å²) < 4.78 is 10.7. The van der Waals surface area contributed by atoms with Crippen molar-refractivity contribution in [1.29, 1.82) is 0 Å². The van der Waals surface area contributed by atoms with Crippen molar-refractivity contribution in [3.05, 3.63) is 11.8 Å². The molecule has 0 aromatic carbocycles. The Hall–Kier alpha value is -0.940. The van der Waals surface area contributed by atoms with Crippen LogP contribution in [0.5, 0.6) is 0 Å². The second kappa shape index (κ2) is 7.35. The minimum atomic E-state index is 0.411. The van der Waals surface area contributed by atoms with Crippen molar-refractivity contribution >= 4 is 0 Å². The third-order valence-electron chi connectivity index (χ3n) is 2.05. The van der Waals surface area contributed by atoms with Gasteiger partial charge >= 0.3 is 0 Å². The smallest absolute Gasteiger partial charge is 0.242 e. The first-order valence-corrected chi connectivity index (χ1v) is 5.84. The van der Waals surface area contributed by atoms with Crippen LogP contribution in [0.25, 0.3) is 0 Å². The number of hydrogen-bond acceptors (Lipinski definition) is 5. The van der Waals surface area contributed by atoms with Crippen LogP contribution in [-0.2, 0) is 17.8 Å². The Balaban J connectivity index is 2.02. The summed E-state index contributed by atoms with van der Waals surface area (Å²) in [6.45, 7) is 8.34. The lowest BCUT2D eigenvalue weighted by atomic mass is 10.3. The molecule has 0 aliphatic heterocycles. The van der Waals surface area contributed by atoms with E-state index in [-0.39, 0.29) is 0 Å². The summed E-state index contributed by atoms with van der Waals surface area (Å²) in [5, 5.41) is 11.1. The number of nitrogens with zero attached hydrogens (tertiary/aromatic N) is 2. The maximum absolute atomic E-state index is 5.42. The fourth-order valence-corrected chi connectivity index (χ4v) is 1.21. The molecular formula is C11H21N3O2. The van der Waals surface area contributed by atoms with Crippen molar-refractivity contribution in [2.24, 2.45) is 0 Å². The van der Waals surface area contributed by atoms with Crippen LogP contribution < -0.4 is 5.32 Å². The Morgan fingerprint density at radius 3 is 2.69 bits per heavy atom. The lowest BCUT2D eigenvalue weighted by molar-refractivity contribution is 0.0993. The monoisotopic (exact) mass is 227 g/mol. The number of hydrogen-bond donors (Lipinski definition) is 1. The summed E-state index contributed by atoms with van der Waals surface area (Å²) in [5.74, 6) is 1.23. The number of aryl methyl sites for hydroxylation is 1. The summed E-state index contributed by atoms with van der Waals surface area (Å²) in [6, 6.07) is 0.531. The zero-order chi connectivity index (χ0) is 11.8. The van der Waals surface area contributed by atoms with Gasteiger partial charge in [0.2, 0.25) is 11.8 Å². The van der Waals surface area contributed by atoms with Crippen molar-refractivity contribution in [3.63, 3.8) is 0 Å². The summed E-state index contributed by atoms with van der Waals surface area (Å²) in [6.07, 6.45) is 1.76. The molecule has 1 rings (SSSR count). The second-order valence-electron chi connectivity index (χ2n) is 3.96. The van der Waals surface area contributed by atoms with Gasteiger partial charge in [-0.3, -0.25) is 0 Å². The lowest BCUT2D eigenvalue weighted by Gasteiger charge is -2.07. The first-order chi connectivity index (χ1) is 7.72. The van der Waals surface area contributed by atoms with Crippen LogP contribution >= 0.6 is 0 Å². The molecule has 1 heterocycles. The van der Waals surface area contributed by atoms with Gasteiger partial charge in [-0.05, 0) is 13.0 Å². The molecule has 1 N–H and O–H groups in total. The van der Waals surface area contributed by atoms with E-state index < -0.39 is 0 Å². The van der Waals surface area contributed by atoms with Crippen LogP contribution in [0.2, 0.25) is 0 Å². The fraction of sp³-hybridized carbons (Fsp3) is 0.818. The highest BCUT2D eigenvalue weighted by Gasteiger charge is 2.03. The van der Waals surface area contributed by atoms with E-state index in [1.54, 1.807) is 0 Å². The van der Waals surface area contributed by atoms with Crippen molar-refractivity contribution in [3.8, 4) is 0 Å². The Morgan fingerprint density at radius 2 is 2.06 bits per heavy atom. The SMILES string of the molecule is CCc1nnc(COCCCNC(C)C)o1. The van der Waals surface area contributed by atoms with E-state index in [0.717, 1.165) is 19.4 Å². The van der Waals surface area contributed by atoms with Gasteiger partial charge in [-0.15, -0.1) is 10.2 Å². The molecule has 0 atom stereocenters. The van der Waals surface area contributed by atoms with Gasteiger partial charge in [-0.25, -0.2) is 0 Å². The maximum Gasteiger partial charge on any atom is 0.242 e. The molecule has 5 heteroatoms. The van der Waals surface area contributed by atoms with Gasteiger partial charge in [0.25, 0.3) is 0 Å². The highest BCUT2D eigenvalue weighted by molar-refractivity contribution is 4.78. The van der Waals surface area contributed by atoms with E-state index >= 15 is 0 Å². The molecule has 92 valence electrons. The molecule has 0 spiro atoms. The fourth-order valence-electron chi connectivity index (χ4n) is 1.21. The van der Waals surface area contributed by atoms with Gasteiger partial charge in [-0.2, -0.15) is 0 Å². The van der Waals surface area contributed by atoms with Crippen LogP contribution in [0.15, 0.2) is 4.42 Å². The molecule has 0 saturated heterocycles. The van der Waals surface area contributed by atoms with Gasteiger partial charge in [-0.1, -0.05) is 20.8 Å². The van der Waals surface area contributed by atoms with Crippen LogP contribution in [0, 0.1) is 0 Å². The van der Waals surface area contributed by atoms with E-state index in [2.05, 4.69) is 29.4 Å². The average Bonchev–Trinajstić information content (AvgIpc) is 2.70. The van der Waals surface area contributed by atoms with Gasteiger partial charge in [0.05, 0.1) is 0 Å². The number of aromatic nitrogens is 2. The van der Waals surface area contributed by atoms with Gasteiger partial charge < -0.3 is 14.5 Å². The van der Waals surface area contributed by atoms with Crippen molar-refractivity contribution in [2.45, 2.75) is 46.3 Å². The summed E-state index contributed by atoms with van der Waals surface area (Å²) in [7, 11) is 0. The predicted molar refractivity (Wildman–Crippen MR) is 61.1 cm³/mol. The zero-order valence-corrected chi connectivity index (χ0v) is 10.3. The average molecular weight is 227 g/mol. The van der Waals surface area contributed by atoms with Crippen molar-refractivity contribution < 1.29 is 9.15 Å². The molecule has 0 bridgehead atoms. The van der Waals surface area contributed by atoms with Crippen LogP contribution in [0.1, 0.15) is 39.0 Å². The minimum absolute atomic E-state index is 0.411. The Bertz CT molecular complexity index is 287. The van der Waals surface area contributed by atoms with E-state index in [0.29, 0.717) is 31.0 Å². The van der Waals surface area contributed by atoms with Gasteiger partial charge in [0, 0.05) is 19.1 Å². The molecule has 1 aromatic rings. The van der Waals surface area contributed by atoms with E-state index in [1.165, 1.54) is 0 Å². The van der Waals surface area contributed by atoms with E-state index in [1.807, 2.05) is 6.92 Å². The molecule has 16 heavy (non-hydrogen) atoms. The maximum atomic E-state index is 5.42. The molecule has 0 radical (unpaired) electrons. The van der Waals surface area contributed by atoms with Crippen molar-refractivity contribution in [2.75, 3.05) is 13.2 Å². The molecular weight excluding hydrogens is 206 g/mol. The molecule has 1 aromatic heterocycles. The Morgan fingerprint density at radius 1 is 1.31 bits per heavy atom. The standard InChI is InChI=1S/C11H21N3O2/c1-4-10-13-14-11(16-10)8-15-7-5-6-12-9(2)3/h9,12H,4-8H2,1-3H3. The largest absolute Gasteiger partial charge is 0.423 e. The topological polar surface area (TPSA) is 60.2 Å². The van der Waals surface area contributed by atoms with Crippen molar-refractivity contribution in [1.82, 2.24) is 15.5 Å². The first kappa shape index (κ1) is 13.1. The number of rotatable bonds is 8. The van der Waals surface area contributed by atoms with Crippen LogP contribution in [0.4, 0.5) is 0 Å². The van der Waals surface area contributed by atoms with Crippen LogP contribution in [0.3, 0.4) is 0 Å².